The molecule has 1 aliphatic heterocycles. The lowest BCUT2D eigenvalue weighted by atomic mass is 10.1. The first-order chi connectivity index (χ1) is 14.1. The Kier molecular flexibility index (Phi) is 5.92. The number of ketones is 1. The fourth-order valence-electron chi connectivity index (χ4n) is 3.60. The Hall–Kier alpha value is -3.22. The second kappa shape index (κ2) is 8.26. The maximum absolute atomic E-state index is 12.6. The van der Waals surface area contributed by atoms with Crippen molar-refractivity contribution >= 4 is 23.6 Å². The van der Waals surface area contributed by atoms with Crippen molar-refractivity contribution in [3.8, 4) is 0 Å². The number of aromatic nitrogens is 1. The Morgan fingerprint density at radius 1 is 1.03 bits per heavy atom. The number of hydrogen-bond donors (Lipinski definition) is 0. The standard InChI is InChI=1S/C23H26N2O5/c1-13(2)8-9-25-14(3)10-18(15(25)4)20(26)12-30-23(29)16-6-7-17-19(11-16)22(28)24(5)21(17)27/h6-7,10-11,13H,8-9,12H2,1-5H3. The molecule has 2 heterocycles. The summed E-state index contributed by atoms with van der Waals surface area (Å²) in [6.07, 6.45) is 1.01. The first-order valence-electron chi connectivity index (χ1n) is 9.95. The predicted molar refractivity (Wildman–Crippen MR) is 111 cm³/mol. The Morgan fingerprint density at radius 2 is 1.70 bits per heavy atom. The third-order valence-electron chi connectivity index (χ3n) is 5.46. The molecule has 2 amide bonds. The molecule has 0 atom stereocenters. The van der Waals surface area contributed by atoms with E-state index < -0.39 is 24.4 Å². The summed E-state index contributed by atoms with van der Waals surface area (Å²) < 4.78 is 7.29. The lowest BCUT2D eigenvalue weighted by molar-refractivity contribution is 0.0474. The number of ether oxygens (including phenoxy) is 1. The zero-order valence-electron chi connectivity index (χ0n) is 17.9. The zero-order valence-corrected chi connectivity index (χ0v) is 17.9. The number of imide groups is 1. The van der Waals surface area contributed by atoms with E-state index in [4.69, 9.17) is 4.74 Å². The number of carbonyl (C=O) groups excluding carboxylic acids is 4. The monoisotopic (exact) mass is 410 g/mol. The van der Waals surface area contributed by atoms with Crippen molar-refractivity contribution in [1.29, 1.82) is 0 Å². The highest BCUT2D eigenvalue weighted by Crippen LogP contribution is 2.23. The van der Waals surface area contributed by atoms with E-state index in [9.17, 15) is 19.2 Å². The van der Waals surface area contributed by atoms with Crippen LogP contribution in [0.2, 0.25) is 0 Å². The molecule has 0 radical (unpaired) electrons. The van der Waals surface area contributed by atoms with Gasteiger partial charge in [0.15, 0.2) is 6.61 Å². The van der Waals surface area contributed by atoms with Gasteiger partial charge in [-0.15, -0.1) is 0 Å². The Balaban J connectivity index is 1.69. The Morgan fingerprint density at radius 3 is 2.37 bits per heavy atom. The second-order valence-electron chi connectivity index (χ2n) is 8.05. The van der Waals surface area contributed by atoms with Crippen LogP contribution in [-0.2, 0) is 11.3 Å². The van der Waals surface area contributed by atoms with Crippen molar-refractivity contribution in [1.82, 2.24) is 9.47 Å². The molecule has 7 heteroatoms. The predicted octanol–water partition coefficient (Wildman–Crippen LogP) is 3.42. The molecule has 0 saturated carbocycles. The number of amides is 2. The summed E-state index contributed by atoms with van der Waals surface area (Å²) in [6, 6.07) is 6.01. The molecular formula is C23H26N2O5. The van der Waals surface area contributed by atoms with Gasteiger partial charge in [-0.25, -0.2) is 4.79 Å². The minimum absolute atomic E-state index is 0.125. The molecule has 0 saturated heterocycles. The van der Waals surface area contributed by atoms with Crippen LogP contribution in [0.1, 0.15) is 73.1 Å². The number of fused-ring (bicyclic) bond motifs is 1. The molecule has 1 aromatic carbocycles. The molecule has 0 spiro atoms. The summed E-state index contributed by atoms with van der Waals surface area (Å²) in [4.78, 5) is 50.1. The summed E-state index contributed by atoms with van der Waals surface area (Å²) in [6.45, 7) is 8.59. The van der Waals surface area contributed by atoms with Crippen LogP contribution in [0.5, 0.6) is 0 Å². The highest BCUT2D eigenvalue weighted by Gasteiger charge is 2.33. The fraction of sp³-hybridized carbons (Fsp3) is 0.391. The van der Waals surface area contributed by atoms with Crippen LogP contribution in [0.25, 0.3) is 0 Å². The molecule has 0 unspecified atom stereocenters. The summed E-state index contributed by atoms with van der Waals surface area (Å²) in [5, 5.41) is 0. The maximum Gasteiger partial charge on any atom is 0.338 e. The lowest BCUT2D eigenvalue weighted by Gasteiger charge is -2.11. The van der Waals surface area contributed by atoms with Gasteiger partial charge in [-0.3, -0.25) is 19.3 Å². The molecule has 0 bridgehead atoms. The van der Waals surface area contributed by atoms with Crippen LogP contribution in [-0.4, -0.2) is 46.7 Å². The van der Waals surface area contributed by atoms with Crippen molar-refractivity contribution in [3.63, 3.8) is 0 Å². The number of aryl methyl sites for hydroxylation is 1. The first kappa shape index (κ1) is 21.5. The van der Waals surface area contributed by atoms with Crippen molar-refractivity contribution < 1.29 is 23.9 Å². The summed E-state index contributed by atoms with van der Waals surface area (Å²) in [5.41, 5.74) is 2.94. The van der Waals surface area contributed by atoms with Gasteiger partial charge in [-0.05, 0) is 50.5 Å². The molecule has 3 rings (SSSR count). The summed E-state index contributed by atoms with van der Waals surface area (Å²) in [5.74, 6) is -1.30. The number of Topliss-reactive ketones (excluding diaryl/α,β-unsaturated/α-hetero) is 1. The van der Waals surface area contributed by atoms with E-state index in [-0.39, 0.29) is 22.5 Å². The molecule has 7 nitrogen and oxygen atoms in total. The number of esters is 1. The minimum atomic E-state index is -0.713. The van der Waals surface area contributed by atoms with E-state index in [1.165, 1.54) is 25.2 Å². The van der Waals surface area contributed by atoms with E-state index in [2.05, 4.69) is 18.4 Å². The van der Waals surface area contributed by atoms with E-state index in [0.717, 1.165) is 29.3 Å². The van der Waals surface area contributed by atoms with Gasteiger partial charge in [-0.2, -0.15) is 0 Å². The van der Waals surface area contributed by atoms with E-state index in [0.29, 0.717) is 11.5 Å². The third kappa shape index (κ3) is 3.92. The largest absolute Gasteiger partial charge is 0.454 e. The molecule has 2 aromatic rings. The highest BCUT2D eigenvalue weighted by molar-refractivity contribution is 6.21. The number of rotatable bonds is 7. The van der Waals surface area contributed by atoms with Gasteiger partial charge in [0.1, 0.15) is 0 Å². The molecule has 0 N–H and O–H groups in total. The SMILES string of the molecule is Cc1cc(C(=O)COC(=O)c2ccc3c(c2)C(=O)N(C)C3=O)c(C)n1CCC(C)C. The van der Waals surface area contributed by atoms with Crippen LogP contribution in [0, 0.1) is 19.8 Å². The molecule has 30 heavy (non-hydrogen) atoms. The van der Waals surface area contributed by atoms with Crippen molar-refractivity contribution in [2.45, 2.75) is 40.7 Å². The molecule has 1 aromatic heterocycles. The zero-order chi connectivity index (χ0) is 22.2. The first-order valence-corrected chi connectivity index (χ1v) is 9.95. The molecule has 1 aliphatic rings. The topological polar surface area (TPSA) is 85.7 Å². The van der Waals surface area contributed by atoms with Gasteiger partial charge < -0.3 is 9.30 Å². The van der Waals surface area contributed by atoms with Crippen LogP contribution in [0.3, 0.4) is 0 Å². The van der Waals surface area contributed by atoms with Crippen LogP contribution >= 0.6 is 0 Å². The van der Waals surface area contributed by atoms with Gasteiger partial charge in [0.2, 0.25) is 5.78 Å². The molecular weight excluding hydrogens is 384 g/mol. The van der Waals surface area contributed by atoms with Gasteiger partial charge in [0, 0.05) is 30.5 Å². The van der Waals surface area contributed by atoms with E-state index >= 15 is 0 Å². The van der Waals surface area contributed by atoms with Crippen molar-refractivity contribution in [3.05, 3.63) is 57.9 Å². The summed E-state index contributed by atoms with van der Waals surface area (Å²) in [7, 11) is 1.39. The quantitative estimate of drug-likeness (QED) is 0.397. The molecule has 0 aliphatic carbocycles. The molecule has 158 valence electrons. The molecule has 0 fully saturated rings. The lowest BCUT2D eigenvalue weighted by Crippen LogP contribution is -2.24. The summed E-state index contributed by atoms with van der Waals surface area (Å²) >= 11 is 0. The Bertz CT molecular complexity index is 1050. The highest BCUT2D eigenvalue weighted by atomic mass is 16.5. The average molecular weight is 410 g/mol. The van der Waals surface area contributed by atoms with Gasteiger partial charge >= 0.3 is 5.97 Å². The van der Waals surface area contributed by atoms with Crippen molar-refractivity contribution in [2.75, 3.05) is 13.7 Å². The second-order valence-corrected chi connectivity index (χ2v) is 8.05. The minimum Gasteiger partial charge on any atom is -0.454 e. The van der Waals surface area contributed by atoms with Crippen LogP contribution in [0.4, 0.5) is 0 Å². The number of carbonyl (C=O) groups is 4. The third-order valence-corrected chi connectivity index (χ3v) is 5.46. The number of nitrogens with zero attached hydrogens (tertiary/aromatic N) is 2. The van der Waals surface area contributed by atoms with Crippen LogP contribution in [0.15, 0.2) is 24.3 Å². The Labute approximate surface area is 175 Å². The maximum atomic E-state index is 12.6. The average Bonchev–Trinajstić information content (AvgIpc) is 3.12. The van der Waals surface area contributed by atoms with Gasteiger partial charge in [0.05, 0.1) is 16.7 Å². The van der Waals surface area contributed by atoms with Crippen LogP contribution < -0.4 is 0 Å². The fourth-order valence-corrected chi connectivity index (χ4v) is 3.60. The number of hydrogen-bond acceptors (Lipinski definition) is 5. The normalized spacial score (nSPS) is 13.2. The van der Waals surface area contributed by atoms with Crippen molar-refractivity contribution in [2.24, 2.45) is 5.92 Å². The van der Waals surface area contributed by atoms with E-state index in [1.807, 2.05) is 19.9 Å². The smallest absolute Gasteiger partial charge is 0.338 e. The number of benzene rings is 1. The van der Waals surface area contributed by atoms with E-state index in [1.54, 1.807) is 0 Å². The van der Waals surface area contributed by atoms with Gasteiger partial charge in [-0.1, -0.05) is 13.8 Å². The van der Waals surface area contributed by atoms with Gasteiger partial charge in [0.25, 0.3) is 11.8 Å².